The first-order valence-electron chi connectivity index (χ1n) is 9.01. The molecule has 2 aromatic carbocycles. The van der Waals surface area contributed by atoms with Gasteiger partial charge in [-0.05, 0) is 67.8 Å². The molecule has 1 aromatic heterocycles. The van der Waals surface area contributed by atoms with E-state index in [1.807, 2.05) is 0 Å². The number of hydrogen-bond acceptors (Lipinski definition) is 4. The van der Waals surface area contributed by atoms with E-state index in [4.69, 9.17) is 4.74 Å². The smallest absolute Gasteiger partial charge is 0.496 e. The molecule has 162 valence electrons. The van der Waals surface area contributed by atoms with Crippen molar-refractivity contribution in [3.8, 4) is 11.5 Å². The lowest BCUT2D eigenvalue weighted by Gasteiger charge is -2.10. The van der Waals surface area contributed by atoms with Gasteiger partial charge in [0.1, 0.15) is 11.5 Å². The number of H-pyrrole nitrogens is 1. The standard InChI is InChI=1S/C20H21F3N2O4S/c1-12-10-15(5-7-19(12)28-3)30(26,27)24-9-8-16-13(2)25-18-6-4-14(11-17(16)18)29-20(21,22)23/h4-7,10-11,24-25H,8-9H2,1-3H3. The lowest BCUT2D eigenvalue weighted by Crippen LogP contribution is -2.26. The van der Waals surface area contributed by atoms with Crippen LogP contribution in [0, 0.1) is 13.8 Å². The summed E-state index contributed by atoms with van der Waals surface area (Å²) in [6, 6.07) is 8.56. The molecular formula is C20H21F3N2O4S. The van der Waals surface area contributed by atoms with E-state index >= 15 is 0 Å². The van der Waals surface area contributed by atoms with Gasteiger partial charge in [0.05, 0.1) is 12.0 Å². The summed E-state index contributed by atoms with van der Waals surface area (Å²) in [6.45, 7) is 3.60. The highest BCUT2D eigenvalue weighted by molar-refractivity contribution is 7.89. The van der Waals surface area contributed by atoms with Crippen LogP contribution in [0.1, 0.15) is 16.8 Å². The number of alkyl halides is 3. The summed E-state index contributed by atoms with van der Waals surface area (Å²) in [5.74, 6) is 0.254. The Morgan fingerprint density at radius 1 is 1.10 bits per heavy atom. The summed E-state index contributed by atoms with van der Waals surface area (Å²) < 4.78 is 74.3. The second-order valence-corrected chi connectivity index (χ2v) is 8.53. The molecule has 0 bridgehead atoms. The summed E-state index contributed by atoms with van der Waals surface area (Å²) in [5, 5.41) is 0.550. The van der Waals surface area contributed by atoms with Gasteiger partial charge >= 0.3 is 6.36 Å². The monoisotopic (exact) mass is 442 g/mol. The summed E-state index contributed by atoms with van der Waals surface area (Å²) in [6.07, 6.45) is -4.50. The van der Waals surface area contributed by atoms with Crippen LogP contribution in [0.3, 0.4) is 0 Å². The Morgan fingerprint density at radius 3 is 2.47 bits per heavy atom. The van der Waals surface area contributed by atoms with Gasteiger partial charge in [-0.3, -0.25) is 0 Å². The number of nitrogens with one attached hydrogen (secondary N) is 2. The molecule has 3 aromatic rings. The van der Waals surface area contributed by atoms with E-state index in [1.54, 1.807) is 19.9 Å². The third-order valence-corrected chi connectivity index (χ3v) is 6.13. The predicted octanol–water partition coefficient (Wildman–Crippen LogP) is 4.21. The van der Waals surface area contributed by atoms with Crippen molar-refractivity contribution in [1.29, 1.82) is 0 Å². The molecule has 0 radical (unpaired) electrons. The molecule has 6 nitrogen and oxygen atoms in total. The Bertz CT molecular complexity index is 1170. The number of aryl methyl sites for hydroxylation is 2. The number of hydrogen-bond donors (Lipinski definition) is 2. The van der Waals surface area contributed by atoms with E-state index < -0.39 is 16.4 Å². The fourth-order valence-electron chi connectivity index (χ4n) is 3.29. The van der Waals surface area contributed by atoms with Gasteiger partial charge in [0, 0.05) is 23.1 Å². The minimum atomic E-state index is -4.79. The summed E-state index contributed by atoms with van der Waals surface area (Å²) in [7, 11) is -2.25. The normalized spacial score (nSPS) is 12.3. The van der Waals surface area contributed by atoms with Crippen molar-refractivity contribution in [2.24, 2.45) is 0 Å². The van der Waals surface area contributed by atoms with Crippen molar-refractivity contribution < 1.29 is 31.1 Å². The van der Waals surface area contributed by atoms with Gasteiger partial charge in [-0.2, -0.15) is 0 Å². The quantitative estimate of drug-likeness (QED) is 0.574. The summed E-state index contributed by atoms with van der Waals surface area (Å²) >= 11 is 0. The van der Waals surface area contributed by atoms with Crippen molar-refractivity contribution in [3.05, 3.63) is 53.2 Å². The maximum atomic E-state index is 12.6. The molecule has 0 aliphatic rings. The van der Waals surface area contributed by atoms with E-state index in [0.29, 0.717) is 27.8 Å². The zero-order valence-corrected chi connectivity index (χ0v) is 17.4. The minimum Gasteiger partial charge on any atom is -0.496 e. The number of benzene rings is 2. The van der Waals surface area contributed by atoms with Gasteiger partial charge in [0.15, 0.2) is 0 Å². The minimum absolute atomic E-state index is 0.0750. The molecular weight excluding hydrogens is 421 g/mol. The molecule has 2 N–H and O–H groups in total. The van der Waals surface area contributed by atoms with Crippen LogP contribution in [0.25, 0.3) is 10.9 Å². The molecule has 3 rings (SSSR count). The lowest BCUT2D eigenvalue weighted by molar-refractivity contribution is -0.274. The molecule has 1 heterocycles. The maximum Gasteiger partial charge on any atom is 0.573 e. The van der Waals surface area contributed by atoms with Crippen LogP contribution in [0.2, 0.25) is 0 Å². The molecule has 0 atom stereocenters. The first-order valence-corrected chi connectivity index (χ1v) is 10.5. The molecule has 0 aliphatic carbocycles. The molecule has 0 unspecified atom stereocenters. The highest BCUT2D eigenvalue weighted by Crippen LogP contribution is 2.30. The number of sulfonamides is 1. The Balaban J connectivity index is 1.77. The van der Waals surface area contributed by atoms with Crippen molar-refractivity contribution in [2.75, 3.05) is 13.7 Å². The van der Waals surface area contributed by atoms with Crippen LogP contribution in [-0.4, -0.2) is 33.4 Å². The third kappa shape index (κ3) is 4.88. The van der Waals surface area contributed by atoms with Crippen molar-refractivity contribution in [3.63, 3.8) is 0 Å². The molecule has 0 saturated heterocycles. The van der Waals surface area contributed by atoms with Crippen LogP contribution in [0.5, 0.6) is 11.5 Å². The number of fused-ring (bicyclic) bond motifs is 1. The van der Waals surface area contributed by atoms with Crippen LogP contribution in [-0.2, 0) is 16.4 Å². The van der Waals surface area contributed by atoms with Crippen molar-refractivity contribution in [2.45, 2.75) is 31.5 Å². The van der Waals surface area contributed by atoms with Crippen LogP contribution < -0.4 is 14.2 Å². The SMILES string of the molecule is COc1ccc(S(=O)(=O)NCCc2c(C)[nH]c3ccc(OC(F)(F)F)cc23)cc1C. The Labute approximate surface area is 172 Å². The van der Waals surface area contributed by atoms with Crippen LogP contribution >= 0.6 is 0 Å². The molecule has 0 saturated carbocycles. The predicted molar refractivity (Wildman–Crippen MR) is 106 cm³/mol. The first-order chi connectivity index (χ1) is 14.0. The van der Waals surface area contributed by atoms with E-state index in [0.717, 1.165) is 5.69 Å². The van der Waals surface area contributed by atoms with E-state index in [9.17, 15) is 21.6 Å². The Kier molecular flexibility index (Phi) is 6.00. The number of aromatic nitrogens is 1. The largest absolute Gasteiger partial charge is 0.573 e. The zero-order valence-electron chi connectivity index (χ0n) is 16.6. The number of methoxy groups -OCH3 is 1. The molecule has 0 aliphatic heterocycles. The first kappa shape index (κ1) is 22.0. The molecule has 0 spiro atoms. The van der Waals surface area contributed by atoms with Gasteiger partial charge in [-0.1, -0.05) is 0 Å². The lowest BCUT2D eigenvalue weighted by atomic mass is 10.1. The van der Waals surface area contributed by atoms with Crippen molar-refractivity contribution in [1.82, 2.24) is 9.71 Å². The molecule has 30 heavy (non-hydrogen) atoms. The van der Waals surface area contributed by atoms with Crippen LogP contribution in [0.15, 0.2) is 41.3 Å². The second kappa shape index (κ2) is 8.19. The van der Waals surface area contributed by atoms with Crippen molar-refractivity contribution >= 4 is 20.9 Å². The van der Waals surface area contributed by atoms with E-state index in [2.05, 4.69) is 14.4 Å². The fourth-order valence-corrected chi connectivity index (χ4v) is 4.41. The average molecular weight is 442 g/mol. The maximum absolute atomic E-state index is 12.6. The van der Waals surface area contributed by atoms with Crippen LogP contribution in [0.4, 0.5) is 13.2 Å². The highest BCUT2D eigenvalue weighted by atomic mass is 32.2. The number of rotatable bonds is 7. The average Bonchev–Trinajstić information content (AvgIpc) is 2.95. The fraction of sp³-hybridized carbons (Fsp3) is 0.300. The third-order valence-electron chi connectivity index (χ3n) is 4.67. The van der Waals surface area contributed by atoms with E-state index in [-0.39, 0.29) is 23.6 Å². The van der Waals surface area contributed by atoms with Gasteiger partial charge in [-0.15, -0.1) is 13.2 Å². The number of halogens is 3. The van der Waals surface area contributed by atoms with Gasteiger partial charge in [-0.25, -0.2) is 13.1 Å². The Hall–Kier alpha value is -2.72. The van der Waals surface area contributed by atoms with E-state index in [1.165, 1.54) is 37.4 Å². The zero-order chi connectivity index (χ0) is 22.1. The van der Waals surface area contributed by atoms with Gasteiger partial charge in [0.2, 0.25) is 10.0 Å². The molecule has 0 fully saturated rings. The summed E-state index contributed by atoms with van der Waals surface area (Å²) in [5.41, 5.74) is 2.79. The number of ether oxygens (including phenoxy) is 2. The van der Waals surface area contributed by atoms with Gasteiger partial charge < -0.3 is 14.5 Å². The Morgan fingerprint density at radius 2 is 1.83 bits per heavy atom. The highest BCUT2D eigenvalue weighted by Gasteiger charge is 2.31. The second-order valence-electron chi connectivity index (χ2n) is 6.76. The molecule has 10 heteroatoms. The van der Waals surface area contributed by atoms with Gasteiger partial charge in [0.25, 0.3) is 0 Å². The number of aromatic amines is 1. The topological polar surface area (TPSA) is 80.4 Å². The molecule has 0 amide bonds. The summed E-state index contributed by atoms with van der Waals surface area (Å²) in [4.78, 5) is 3.20.